The van der Waals surface area contributed by atoms with Gasteiger partial charge >= 0.3 is 6.09 Å². The third-order valence-corrected chi connectivity index (χ3v) is 3.48. The highest BCUT2D eigenvalue weighted by Gasteiger charge is 2.20. The van der Waals surface area contributed by atoms with Crippen LogP contribution in [0.2, 0.25) is 5.02 Å². The molecule has 1 aliphatic heterocycles. The zero-order valence-electron chi connectivity index (χ0n) is 10.8. The molecule has 0 radical (unpaired) electrons. The molecular formula is C14H14ClN3O2. The van der Waals surface area contributed by atoms with E-state index in [1.165, 1.54) is 0 Å². The molecule has 0 atom stereocenters. The number of cyclic esters (lactones) is 1. The second-order valence-corrected chi connectivity index (χ2v) is 4.98. The van der Waals surface area contributed by atoms with Crippen LogP contribution in [0.25, 0.3) is 10.9 Å². The number of fused-ring (bicyclic) bond motifs is 1. The molecule has 6 heteroatoms. The Balaban J connectivity index is 1.69. The SMILES string of the molecule is O=C1OCCN1CCNc1ccnc2cc(Cl)ccc12. The van der Waals surface area contributed by atoms with Crippen molar-refractivity contribution in [3.05, 3.63) is 35.5 Å². The number of carbonyl (C=O) groups is 1. The number of hydrogen-bond acceptors (Lipinski definition) is 4. The van der Waals surface area contributed by atoms with Gasteiger partial charge in [-0.15, -0.1) is 0 Å². The van der Waals surface area contributed by atoms with Gasteiger partial charge in [-0.3, -0.25) is 4.98 Å². The van der Waals surface area contributed by atoms with E-state index in [1.807, 2.05) is 24.3 Å². The van der Waals surface area contributed by atoms with Gasteiger partial charge in [0.05, 0.1) is 12.1 Å². The number of nitrogens with one attached hydrogen (secondary N) is 1. The van der Waals surface area contributed by atoms with E-state index in [9.17, 15) is 4.79 Å². The Morgan fingerprint density at radius 2 is 2.30 bits per heavy atom. The number of benzene rings is 1. The van der Waals surface area contributed by atoms with Gasteiger partial charge in [-0.25, -0.2) is 4.79 Å². The first-order valence-electron chi connectivity index (χ1n) is 6.44. The zero-order valence-corrected chi connectivity index (χ0v) is 11.6. The molecule has 1 fully saturated rings. The quantitative estimate of drug-likeness (QED) is 0.941. The molecule has 2 aromatic rings. The van der Waals surface area contributed by atoms with E-state index < -0.39 is 0 Å². The Labute approximate surface area is 121 Å². The number of anilines is 1. The van der Waals surface area contributed by atoms with E-state index in [0.29, 0.717) is 31.3 Å². The van der Waals surface area contributed by atoms with Gasteiger partial charge in [0.25, 0.3) is 0 Å². The van der Waals surface area contributed by atoms with Crippen LogP contribution in [0.15, 0.2) is 30.5 Å². The Morgan fingerprint density at radius 3 is 3.10 bits per heavy atom. The Hall–Kier alpha value is -2.01. The molecule has 1 aromatic heterocycles. The van der Waals surface area contributed by atoms with Crippen molar-refractivity contribution in [2.45, 2.75) is 0 Å². The fourth-order valence-electron chi connectivity index (χ4n) is 2.23. The number of carbonyl (C=O) groups excluding carboxylic acids is 1. The Bertz CT molecular complexity index is 647. The van der Waals surface area contributed by atoms with E-state index in [0.717, 1.165) is 16.6 Å². The summed E-state index contributed by atoms with van der Waals surface area (Å²) in [6, 6.07) is 7.53. The van der Waals surface area contributed by atoms with E-state index >= 15 is 0 Å². The van der Waals surface area contributed by atoms with E-state index in [4.69, 9.17) is 16.3 Å². The predicted octanol–water partition coefficient (Wildman–Crippen LogP) is 2.75. The number of halogens is 1. The van der Waals surface area contributed by atoms with Gasteiger partial charge in [-0.1, -0.05) is 11.6 Å². The summed E-state index contributed by atoms with van der Waals surface area (Å²) in [7, 11) is 0. The lowest BCUT2D eigenvalue weighted by atomic mass is 10.2. The molecule has 1 N–H and O–H groups in total. The maximum absolute atomic E-state index is 11.3. The number of ether oxygens (including phenoxy) is 1. The lowest BCUT2D eigenvalue weighted by molar-refractivity contribution is 0.159. The monoisotopic (exact) mass is 291 g/mol. The summed E-state index contributed by atoms with van der Waals surface area (Å²) in [5, 5.41) is 5.01. The first-order chi connectivity index (χ1) is 9.74. The molecule has 104 valence electrons. The summed E-state index contributed by atoms with van der Waals surface area (Å²) in [4.78, 5) is 17.3. The summed E-state index contributed by atoms with van der Waals surface area (Å²) in [6.45, 7) is 2.43. The molecule has 1 amide bonds. The third kappa shape index (κ3) is 2.63. The van der Waals surface area contributed by atoms with Crippen molar-refractivity contribution in [2.24, 2.45) is 0 Å². The minimum absolute atomic E-state index is 0.238. The molecule has 5 nitrogen and oxygen atoms in total. The normalized spacial score (nSPS) is 14.7. The van der Waals surface area contributed by atoms with Crippen LogP contribution >= 0.6 is 11.6 Å². The maximum atomic E-state index is 11.3. The van der Waals surface area contributed by atoms with Crippen LogP contribution in [0.5, 0.6) is 0 Å². The van der Waals surface area contributed by atoms with Crippen molar-refractivity contribution in [1.29, 1.82) is 0 Å². The Morgan fingerprint density at radius 1 is 1.40 bits per heavy atom. The maximum Gasteiger partial charge on any atom is 0.409 e. The van der Waals surface area contributed by atoms with E-state index in [-0.39, 0.29) is 6.09 Å². The van der Waals surface area contributed by atoms with Crippen LogP contribution in [0.3, 0.4) is 0 Å². The van der Waals surface area contributed by atoms with Crippen LogP contribution in [0, 0.1) is 0 Å². The molecule has 20 heavy (non-hydrogen) atoms. The standard InChI is InChI=1S/C14H14ClN3O2/c15-10-1-2-11-12(3-4-16-13(11)9-10)17-5-6-18-7-8-20-14(18)19/h1-4,9H,5-8H2,(H,16,17). The fraction of sp³-hybridized carbons (Fsp3) is 0.286. The molecule has 2 heterocycles. The first-order valence-corrected chi connectivity index (χ1v) is 6.82. The average molecular weight is 292 g/mol. The molecule has 3 rings (SSSR count). The summed E-state index contributed by atoms with van der Waals surface area (Å²) in [6.07, 6.45) is 1.50. The molecule has 0 unspecified atom stereocenters. The topological polar surface area (TPSA) is 54.5 Å². The van der Waals surface area contributed by atoms with Crippen molar-refractivity contribution in [2.75, 3.05) is 31.6 Å². The molecule has 1 aromatic carbocycles. The molecule has 0 spiro atoms. The number of rotatable bonds is 4. The molecule has 0 bridgehead atoms. The molecular weight excluding hydrogens is 278 g/mol. The van der Waals surface area contributed by atoms with Gasteiger partial charge < -0.3 is 15.0 Å². The summed E-state index contributed by atoms with van der Waals surface area (Å²) in [5.74, 6) is 0. The minimum Gasteiger partial charge on any atom is -0.448 e. The molecule has 1 saturated heterocycles. The number of aromatic nitrogens is 1. The summed E-state index contributed by atoms with van der Waals surface area (Å²) in [5.41, 5.74) is 1.84. The van der Waals surface area contributed by atoms with Crippen molar-refractivity contribution < 1.29 is 9.53 Å². The third-order valence-electron chi connectivity index (χ3n) is 3.25. The van der Waals surface area contributed by atoms with Crippen LogP contribution in [0.4, 0.5) is 10.5 Å². The lowest BCUT2D eigenvalue weighted by Crippen LogP contribution is -2.29. The second kappa shape index (κ2) is 5.54. The van der Waals surface area contributed by atoms with E-state index in [1.54, 1.807) is 11.1 Å². The zero-order chi connectivity index (χ0) is 13.9. The van der Waals surface area contributed by atoms with Gasteiger partial charge in [0.15, 0.2) is 0 Å². The number of nitrogens with zero attached hydrogens (tertiary/aromatic N) is 2. The van der Waals surface area contributed by atoms with Crippen LogP contribution < -0.4 is 5.32 Å². The minimum atomic E-state index is -0.238. The number of pyridine rings is 1. The number of hydrogen-bond donors (Lipinski definition) is 1. The van der Waals surface area contributed by atoms with E-state index in [2.05, 4.69) is 10.3 Å². The lowest BCUT2D eigenvalue weighted by Gasteiger charge is -2.14. The molecule has 1 aliphatic rings. The summed E-state index contributed by atoms with van der Waals surface area (Å²) >= 11 is 5.96. The van der Waals surface area contributed by atoms with Crippen LogP contribution in [-0.2, 0) is 4.74 Å². The van der Waals surface area contributed by atoms with Gasteiger partial charge in [-0.05, 0) is 24.3 Å². The second-order valence-electron chi connectivity index (χ2n) is 4.55. The van der Waals surface area contributed by atoms with Crippen molar-refractivity contribution in [3.63, 3.8) is 0 Å². The van der Waals surface area contributed by atoms with Crippen LogP contribution in [-0.4, -0.2) is 42.2 Å². The highest BCUT2D eigenvalue weighted by Crippen LogP contribution is 2.24. The summed E-state index contributed by atoms with van der Waals surface area (Å²) < 4.78 is 4.89. The Kier molecular flexibility index (Phi) is 3.60. The van der Waals surface area contributed by atoms with Gasteiger partial charge in [0.2, 0.25) is 0 Å². The van der Waals surface area contributed by atoms with Crippen LogP contribution in [0.1, 0.15) is 0 Å². The van der Waals surface area contributed by atoms with Gasteiger partial charge in [0.1, 0.15) is 6.61 Å². The molecule has 0 saturated carbocycles. The first kappa shape index (κ1) is 13.0. The fourth-order valence-corrected chi connectivity index (χ4v) is 2.40. The highest BCUT2D eigenvalue weighted by atomic mass is 35.5. The predicted molar refractivity (Wildman–Crippen MR) is 78.2 cm³/mol. The smallest absolute Gasteiger partial charge is 0.409 e. The van der Waals surface area contributed by atoms with Crippen molar-refractivity contribution in [3.8, 4) is 0 Å². The average Bonchev–Trinajstić information content (AvgIpc) is 2.84. The van der Waals surface area contributed by atoms with Crippen molar-refractivity contribution in [1.82, 2.24) is 9.88 Å². The van der Waals surface area contributed by atoms with Gasteiger partial charge in [-0.2, -0.15) is 0 Å². The number of amides is 1. The van der Waals surface area contributed by atoms with Gasteiger partial charge in [0, 0.05) is 35.4 Å². The molecule has 0 aliphatic carbocycles. The van der Waals surface area contributed by atoms with Crippen molar-refractivity contribution >= 4 is 34.3 Å². The largest absolute Gasteiger partial charge is 0.448 e. The highest BCUT2D eigenvalue weighted by molar-refractivity contribution is 6.31.